The van der Waals surface area contributed by atoms with Crippen LogP contribution in [-0.4, -0.2) is 62.6 Å². The molecule has 0 rings (SSSR count). The zero-order valence-electron chi connectivity index (χ0n) is 12.2. The van der Waals surface area contributed by atoms with Crippen LogP contribution in [0.15, 0.2) is 0 Å². The highest BCUT2D eigenvalue weighted by Crippen LogP contribution is 2.03. The molecular formula is C12H23N3O4S. The van der Waals surface area contributed by atoms with Crippen molar-refractivity contribution < 1.29 is 19.1 Å². The molecule has 0 aromatic rings. The number of carbonyl (C=O) groups excluding carboxylic acids is 3. The Kier molecular flexibility index (Phi) is 10.8. The van der Waals surface area contributed by atoms with Crippen LogP contribution in [0.1, 0.15) is 13.3 Å². The maximum Gasteiger partial charge on any atom is 0.243 e. The van der Waals surface area contributed by atoms with Crippen molar-refractivity contribution in [2.45, 2.75) is 19.4 Å². The number of likely N-dealkylation sites (N-methyl/N-ethyl adjacent to an activating group) is 1. The lowest BCUT2D eigenvalue weighted by atomic mass is 10.3. The Balaban J connectivity index is 3.89. The molecule has 0 aliphatic heterocycles. The average Bonchev–Trinajstić information content (AvgIpc) is 2.41. The highest BCUT2D eigenvalue weighted by Gasteiger charge is 2.18. The van der Waals surface area contributed by atoms with Crippen LogP contribution in [0, 0.1) is 0 Å². The summed E-state index contributed by atoms with van der Waals surface area (Å²) in [5, 5.41) is 7.77. The lowest BCUT2D eigenvalue weighted by Crippen LogP contribution is -2.46. The molecule has 0 bridgehead atoms. The SMILES string of the molecule is CNC(=O)[C@H](CSCC(=O)NCCCOC)NC(C)=O. The summed E-state index contributed by atoms with van der Waals surface area (Å²) in [7, 11) is 3.11. The van der Waals surface area contributed by atoms with E-state index in [-0.39, 0.29) is 23.5 Å². The summed E-state index contributed by atoms with van der Waals surface area (Å²) in [6.45, 7) is 2.52. The first kappa shape index (κ1) is 18.7. The number of hydrogen-bond donors (Lipinski definition) is 3. The third-order valence-electron chi connectivity index (χ3n) is 2.31. The number of hydrogen-bond acceptors (Lipinski definition) is 5. The minimum absolute atomic E-state index is 0.0930. The van der Waals surface area contributed by atoms with Gasteiger partial charge in [-0.2, -0.15) is 0 Å². The van der Waals surface area contributed by atoms with Gasteiger partial charge in [-0.1, -0.05) is 0 Å². The molecule has 0 saturated carbocycles. The Labute approximate surface area is 123 Å². The summed E-state index contributed by atoms with van der Waals surface area (Å²) >= 11 is 1.30. The van der Waals surface area contributed by atoms with Gasteiger partial charge >= 0.3 is 0 Å². The Bertz CT molecular complexity index is 326. The molecule has 8 heteroatoms. The van der Waals surface area contributed by atoms with Crippen molar-refractivity contribution in [1.29, 1.82) is 0 Å². The number of nitrogens with one attached hydrogen (secondary N) is 3. The Morgan fingerprint density at radius 1 is 1.30 bits per heavy atom. The summed E-state index contributed by atoms with van der Waals surface area (Å²) in [5.41, 5.74) is 0. The topological polar surface area (TPSA) is 96.5 Å². The molecule has 20 heavy (non-hydrogen) atoms. The van der Waals surface area contributed by atoms with E-state index in [4.69, 9.17) is 4.74 Å². The molecule has 0 aliphatic rings. The quantitative estimate of drug-likeness (QED) is 0.456. The van der Waals surface area contributed by atoms with Crippen LogP contribution in [-0.2, 0) is 19.1 Å². The maximum absolute atomic E-state index is 11.5. The number of rotatable bonds is 10. The van der Waals surface area contributed by atoms with Crippen molar-refractivity contribution in [1.82, 2.24) is 16.0 Å². The fraction of sp³-hybridized carbons (Fsp3) is 0.750. The Morgan fingerprint density at radius 2 is 2.00 bits per heavy atom. The molecule has 0 unspecified atom stereocenters. The van der Waals surface area contributed by atoms with Gasteiger partial charge in [0.15, 0.2) is 0 Å². The zero-order chi connectivity index (χ0) is 15.4. The molecule has 0 aromatic carbocycles. The van der Waals surface area contributed by atoms with E-state index in [1.807, 2.05) is 0 Å². The molecular weight excluding hydrogens is 282 g/mol. The lowest BCUT2D eigenvalue weighted by molar-refractivity contribution is -0.127. The second-order valence-electron chi connectivity index (χ2n) is 4.08. The van der Waals surface area contributed by atoms with E-state index in [0.717, 1.165) is 6.42 Å². The summed E-state index contributed by atoms with van der Waals surface area (Å²) in [6.07, 6.45) is 0.764. The molecule has 0 aliphatic carbocycles. The van der Waals surface area contributed by atoms with Crippen molar-refractivity contribution >= 4 is 29.5 Å². The molecule has 0 aromatic heterocycles. The van der Waals surface area contributed by atoms with Crippen molar-refractivity contribution in [3.63, 3.8) is 0 Å². The number of thioether (sulfide) groups is 1. The summed E-state index contributed by atoms with van der Waals surface area (Å²) in [6, 6.07) is -0.621. The number of carbonyl (C=O) groups is 3. The molecule has 1 atom stereocenters. The van der Waals surface area contributed by atoms with Crippen LogP contribution in [0.3, 0.4) is 0 Å². The first-order valence-corrected chi connectivity index (χ1v) is 7.48. The highest BCUT2D eigenvalue weighted by molar-refractivity contribution is 8.00. The van der Waals surface area contributed by atoms with E-state index in [1.165, 1.54) is 25.7 Å². The molecule has 0 spiro atoms. The summed E-state index contributed by atoms with van der Waals surface area (Å²) in [5.74, 6) is -0.0360. The molecule has 7 nitrogen and oxygen atoms in total. The van der Waals surface area contributed by atoms with Gasteiger partial charge in [-0.15, -0.1) is 11.8 Å². The van der Waals surface area contributed by atoms with Crippen LogP contribution < -0.4 is 16.0 Å². The average molecular weight is 305 g/mol. The van der Waals surface area contributed by atoms with E-state index in [2.05, 4.69) is 16.0 Å². The van der Waals surface area contributed by atoms with E-state index < -0.39 is 6.04 Å². The zero-order valence-corrected chi connectivity index (χ0v) is 13.0. The van der Waals surface area contributed by atoms with Crippen molar-refractivity contribution in [2.75, 3.05) is 38.8 Å². The third kappa shape index (κ3) is 9.62. The molecule has 0 radical (unpaired) electrons. The number of ether oxygens (including phenoxy) is 1. The van der Waals surface area contributed by atoms with Gasteiger partial charge in [0.25, 0.3) is 0 Å². The Hall–Kier alpha value is -1.28. The number of amides is 3. The van der Waals surface area contributed by atoms with Gasteiger partial charge in [0.1, 0.15) is 6.04 Å². The molecule has 0 heterocycles. The van der Waals surface area contributed by atoms with Crippen LogP contribution >= 0.6 is 11.8 Å². The fourth-order valence-electron chi connectivity index (χ4n) is 1.37. The monoisotopic (exact) mass is 305 g/mol. The summed E-state index contributed by atoms with van der Waals surface area (Å²) in [4.78, 5) is 34.0. The molecule has 3 N–H and O–H groups in total. The van der Waals surface area contributed by atoms with Gasteiger partial charge in [-0.25, -0.2) is 0 Å². The molecule has 3 amide bonds. The lowest BCUT2D eigenvalue weighted by Gasteiger charge is -2.15. The van der Waals surface area contributed by atoms with Crippen molar-refractivity contribution in [3.05, 3.63) is 0 Å². The third-order valence-corrected chi connectivity index (χ3v) is 3.34. The molecule has 116 valence electrons. The largest absolute Gasteiger partial charge is 0.385 e. The fourth-order valence-corrected chi connectivity index (χ4v) is 2.24. The van der Waals surface area contributed by atoms with E-state index in [9.17, 15) is 14.4 Å². The smallest absolute Gasteiger partial charge is 0.243 e. The van der Waals surface area contributed by atoms with E-state index in [0.29, 0.717) is 18.9 Å². The van der Waals surface area contributed by atoms with Crippen molar-refractivity contribution in [3.8, 4) is 0 Å². The van der Waals surface area contributed by atoms with Crippen LogP contribution in [0.25, 0.3) is 0 Å². The van der Waals surface area contributed by atoms with Crippen LogP contribution in [0.5, 0.6) is 0 Å². The second-order valence-corrected chi connectivity index (χ2v) is 5.11. The number of methoxy groups -OCH3 is 1. The van der Waals surface area contributed by atoms with E-state index >= 15 is 0 Å². The molecule has 0 saturated heterocycles. The normalized spacial score (nSPS) is 11.6. The first-order chi connectivity index (χ1) is 9.51. The van der Waals surface area contributed by atoms with Gasteiger partial charge < -0.3 is 20.7 Å². The molecule has 0 fully saturated rings. The standard InChI is InChI=1S/C12H23N3O4S/c1-9(16)15-10(12(18)13-2)7-20-8-11(17)14-5-4-6-19-3/h10H,4-8H2,1-3H3,(H,13,18)(H,14,17)(H,15,16)/t10-/m0/s1. The second kappa shape index (κ2) is 11.5. The highest BCUT2D eigenvalue weighted by atomic mass is 32.2. The van der Waals surface area contributed by atoms with Crippen molar-refractivity contribution in [2.24, 2.45) is 0 Å². The first-order valence-electron chi connectivity index (χ1n) is 6.33. The Morgan fingerprint density at radius 3 is 2.55 bits per heavy atom. The minimum atomic E-state index is -0.621. The predicted octanol–water partition coefficient (Wildman–Crippen LogP) is -0.877. The maximum atomic E-state index is 11.5. The van der Waals surface area contributed by atoms with Gasteiger partial charge in [-0.3, -0.25) is 14.4 Å². The van der Waals surface area contributed by atoms with Gasteiger partial charge in [0, 0.05) is 40.0 Å². The summed E-state index contributed by atoms with van der Waals surface area (Å²) < 4.78 is 4.87. The van der Waals surface area contributed by atoms with Gasteiger partial charge in [-0.05, 0) is 6.42 Å². The van der Waals surface area contributed by atoms with Crippen LogP contribution in [0.2, 0.25) is 0 Å². The van der Waals surface area contributed by atoms with E-state index in [1.54, 1.807) is 7.11 Å². The minimum Gasteiger partial charge on any atom is -0.385 e. The van der Waals surface area contributed by atoms with Gasteiger partial charge in [0.2, 0.25) is 17.7 Å². The van der Waals surface area contributed by atoms with Crippen LogP contribution in [0.4, 0.5) is 0 Å². The predicted molar refractivity (Wildman–Crippen MR) is 78.5 cm³/mol. The van der Waals surface area contributed by atoms with Gasteiger partial charge in [0.05, 0.1) is 5.75 Å².